The van der Waals surface area contributed by atoms with Crippen LogP contribution >= 0.6 is 0 Å². The minimum atomic E-state index is -0.371. The van der Waals surface area contributed by atoms with Gasteiger partial charge in [0.1, 0.15) is 6.10 Å². The van der Waals surface area contributed by atoms with Crippen LogP contribution in [-0.2, 0) is 9.53 Å². The standard InChI is InChI=1S/C11H18O2/c1-5-7-8-10(9(3)4)13-11(12)6-2/h6,10H,2-3,5,7-8H2,1,4H3. The molecular weight excluding hydrogens is 164 g/mol. The van der Waals surface area contributed by atoms with Gasteiger partial charge in [-0.3, -0.25) is 0 Å². The molecule has 1 atom stereocenters. The van der Waals surface area contributed by atoms with Crippen molar-refractivity contribution in [1.82, 2.24) is 0 Å². The molecule has 0 fully saturated rings. The van der Waals surface area contributed by atoms with Crippen LogP contribution in [0.5, 0.6) is 0 Å². The number of ether oxygens (including phenoxy) is 1. The molecule has 0 saturated carbocycles. The van der Waals surface area contributed by atoms with Crippen LogP contribution in [0.1, 0.15) is 33.1 Å². The van der Waals surface area contributed by atoms with Crippen molar-refractivity contribution in [3.8, 4) is 0 Å². The van der Waals surface area contributed by atoms with Gasteiger partial charge in [-0.15, -0.1) is 0 Å². The second kappa shape index (κ2) is 6.46. The maximum absolute atomic E-state index is 10.9. The van der Waals surface area contributed by atoms with E-state index in [4.69, 9.17) is 4.74 Å². The third-order valence-electron chi connectivity index (χ3n) is 1.79. The lowest BCUT2D eigenvalue weighted by atomic mass is 10.1. The SMILES string of the molecule is C=CC(=O)OC(CCCC)C(=C)C. The van der Waals surface area contributed by atoms with Gasteiger partial charge >= 0.3 is 5.97 Å². The Kier molecular flexibility index (Phi) is 5.94. The summed E-state index contributed by atoms with van der Waals surface area (Å²) < 4.78 is 5.11. The first-order valence-corrected chi connectivity index (χ1v) is 4.60. The Morgan fingerprint density at radius 3 is 2.62 bits per heavy atom. The molecule has 0 aromatic rings. The summed E-state index contributed by atoms with van der Waals surface area (Å²) in [4.78, 5) is 10.9. The van der Waals surface area contributed by atoms with Crippen LogP contribution in [0.15, 0.2) is 24.8 Å². The lowest BCUT2D eigenvalue weighted by molar-refractivity contribution is -0.141. The highest BCUT2D eigenvalue weighted by atomic mass is 16.5. The highest BCUT2D eigenvalue weighted by molar-refractivity contribution is 5.81. The molecule has 0 aliphatic carbocycles. The summed E-state index contributed by atoms with van der Waals surface area (Å²) in [6, 6.07) is 0. The van der Waals surface area contributed by atoms with Crippen molar-refractivity contribution in [2.75, 3.05) is 0 Å². The molecule has 0 bridgehead atoms. The number of unbranched alkanes of at least 4 members (excludes halogenated alkanes) is 1. The topological polar surface area (TPSA) is 26.3 Å². The van der Waals surface area contributed by atoms with Crippen molar-refractivity contribution in [2.45, 2.75) is 39.2 Å². The third-order valence-corrected chi connectivity index (χ3v) is 1.79. The van der Waals surface area contributed by atoms with Gasteiger partial charge in [-0.05, 0) is 25.3 Å². The molecule has 0 spiro atoms. The van der Waals surface area contributed by atoms with Gasteiger partial charge in [-0.1, -0.05) is 26.5 Å². The van der Waals surface area contributed by atoms with Crippen LogP contribution in [0.3, 0.4) is 0 Å². The first-order chi connectivity index (χ1) is 6.11. The first kappa shape index (κ1) is 11.9. The first-order valence-electron chi connectivity index (χ1n) is 4.60. The molecule has 0 saturated heterocycles. The molecule has 0 radical (unpaired) electrons. The molecule has 0 aromatic heterocycles. The fourth-order valence-corrected chi connectivity index (χ4v) is 0.984. The molecule has 13 heavy (non-hydrogen) atoms. The minimum absolute atomic E-state index is 0.148. The molecule has 0 N–H and O–H groups in total. The monoisotopic (exact) mass is 182 g/mol. The van der Waals surface area contributed by atoms with E-state index in [9.17, 15) is 4.79 Å². The van der Waals surface area contributed by atoms with Gasteiger partial charge in [-0.2, -0.15) is 0 Å². The van der Waals surface area contributed by atoms with Gasteiger partial charge in [0.15, 0.2) is 0 Å². The van der Waals surface area contributed by atoms with Crippen molar-refractivity contribution in [2.24, 2.45) is 0 Å². The number of esters is 1. The van der Waals surface area contributed by atoms with Crippen molar-refractivity contribution in [3.63, 3.8) is 0 Å². The summed E-state index contributed by atoms with van der Waals surface area (Å²) in [5.41, 5.74) is 0.892. The van der Waals surface area contributed by atoms with Crippen molar-refractivity contribution < 1.29 is 9.53 Å². The average molecular weight is 182 g/mol. The summed E-state index contributed by atoms with van der Waals surface area (Å²) in [6.45, 7) is 11.1. The zero-order chi connectivity index (χ0) is 10.3. The second-order valence-electron chi connectivity index (χ2n) is 3.12. The van der Waals surface area contributed by atoms with Crippen LogP contribution in [0.4, 0.5) is 0 Å². The molecule has 1 unspecified atom stereocenters. The third kappa shape index (κ3) is 5.23. The van der Waals surface area contributed by atoms with E-state index < -0.39 is 0 Å². The van der Waals surface area contributed by atoms with Gasteiger partial charge in [-0.25, -0.2) is 4.79 Å². The fraction of sp³-hybridized carbons (Fsp3) is 0.545. The summed E-state index contributed by atoms with van der Waals surface area (Å²) in [6.07, 6.45) is 4.02. The van der Waals surface area contributed by atoms with Crippen molar-refractivity contribution in [1.29, 1.82) is 0 Å². The molecule has 74 valence electrons. The summed E-state index contributed by atoms with van der Waals surface area (Å²) in [7, 11) is 0. The van der Waals surface area contributed by atoms with Gasteiger partial charge in [0.25, 0.3) is 0 Å². The Morgan fingerprint density at radius 2 is 2.23 bits per heavy atom. The van der Waals surface area contributed by atoms with Crippen LogP contribution in [0.25, 0.3) is 0 Å². The van der Waals surface area contributed by atoms with Crippen LogP contribution < -0.4 is 0 Å². The smallest absolute Gasteiger partial charge is 0.330 e. The Morgan fingerprint density at radius 1 is 1.62 bits per heavy atom. The quantitative estimate of drug-likeness (QED) is 0.358. The number of carbonyl (C=O) groups excluding carboxylic acids is 1. The van der Waals surface area contributed by atoms with E-state index in [1.54, 1.807) is 0 Å². The molecule has 0 heterocycles. The molecular formula is C11H18O2. The zero-order valence-corrected chi connectivity index (χ0v) is 8.51. The van der Waals surface area contributed by atoms with E-state index in [1.807, 2.05) is 6.92 Å². The fourth-order valence-electron chi connectivity index (χ4n) is 0.984. The molecule has 2 heteroatoms. The average Bonchev–Trinajstić information content (AvgIpc) is 2.11. The number of hydrogen-bond acceptors (Lipinski definition) is 2. The maximum Gasteiger partial charge on any atom is 0.330 e. The Bertz CT molecular complexity index is 194. The molecule has 0 amide bonds. The largest absolute Gasteiger partial charge is 0.455 e. The summed E-state index contributed by atoms with van der Waals surface area (Å²) in [5.74, 6) is -0.371. The molecule has 0 aliphatic rings. The lowest BCUT2D eigenvalue weighted by Gasteiger charge is -2.16. The molecule has 2 nitrogen and oxygen atoms in total. The number of rotatable bonds is 6. The highest BCUT2D eigenvalue weighted by Crippen LogP contribution is 2.12. The van der Waals surface area contributed by atoms with E-state index in [0.29, 0.717) is 0 Å². The Hall–Kier alpha value is -1.05. The van der Waals surface area contributed by atoms with Crippen LogP contribution in [0.2, 0.25) is 0 Å². The predicted molar refractivity (Wildman–Crippen MR) is 54.4 cm³/mol. The molecule has 0 rings (SSSR count). The van der Waals surface area contributed by atoms with E-state index >= 15 is 0 Å². The Labute approximate surface area is 80.3 Å². The molecule has 0 aliphatic heterocycles. The van der Waals surface area contributed by atoms with E-state index in [0.717, 1.165) is 24.8 Å². The van der Waals surface area contributed by atoms with Crippen LogP contribution in [0, 0.1) is 0 Å². The van der Waals surface area contributed by atoms with Crippen molar-refractivity contribution in [3.05, 3.63) is 24.8 Å². The normalized spacial score (nSPS) is 11.8. The maximum atomic E-state index is 10.9. The second-order valence-corrected chi connectivity index (χ2v) is 3.12. The summed E-state index contributed by atoms with van der Waals surface area (Å²) in [5, 5.41) is 0. The van der Waals surface area contributed by atoms with Gasteiger partial charge in [0.05, 0.1) is 0 Å². The Balaban J connectivity index is 4.01. The van der Waals surface area contributed by atoms with Crippen LogP contribution in [-0.4, -0.2) is 12.1 Å². The highest BCUT2D eigenvalue weighted by Gasteiger charge is 2.12. The van der Waals surface area contributed by atoms with Gasteiger partial charge in [0.2, 0.25) is 0 Å². The zero-order valence-electron chi connectivity index (χ0n) is 8.51. The van der Waals surface area contributed by atoms with E-state index in [-0.39, 0.29) is 12.1 Å². The number of hydrogen-bond donors (Lipinski definition) is 0. The number of carbonyl (C=O) groups is 1. The van der Waals surface area contributed by atoms with Gasteiger partial charge in [0, 0.05) is 6.08 Å². The van der Waals surface area contributed by atoms with Crippen molar-refractivity contribution >= 4 is 5.97 Å². The molecule has 0 aromatic carbocycles. The summed E-state index contributed by atoms with van der Waals surface area (Å²) >= 11 is 0. The van der Waals surface area contributed by atoms with E-state index in [1.165, 1.54) is 6.08 Å². The van der Waals surface area contributed by atoms with E-state index in [2.05, 4.69) is 20.1 Å². The minimum Gasteiger partial charge on any atom is -0.455 e. The lowest BCUT2D eigenvalue weighted by Crippen LogP contribution is -2.17. The van der Waals surface area contributed by atoms with Gasteiger partial charge < -0.3 is 4.74 Å². The predicted octanol–water partition coefficient (Wildman–Crippen LogP) is 2.85.